The molecule has 1 fully saturated rings. The minimum atomic E-state index is -0.0249. The van der Waals surface area contributed by atoms with E-state index in [1.165, 1.54) is 19.3 Å². The van der Waals surface area contributed by atoms with Crippen molar-refractivity contribution in [3.8, 4) is 0 Å². The summed E-state index contributed by atoms with van der Waals surface area (Å²) in [5.74, 6) is -0.0249. The van der Waals surface area contributed by atoms with Gasteiger partial charge in [0.1, 0.15) is 5.69 Å². The number of hydrogen-bond acceptors (Lipinski definition) is 2. The van der Waals surface area contributed by atoms with Gasteiger partial charge in [-0.2, -0.15) is 5.10 Å². The van der Waals surface area contributed by atoms with E-state index in [1.54, 1.807) is 25.1 Å². The van der Waals surface area contributed by atoms with Gasteiger partial charge < -0.3 is 4.90 Å². The van der Waals surface area contributed by atoms with Crippen LogP contribution in [0.3, 0.4) is 0 Å². The zero-order valence-corrected chi connectivity index (χ0v) is 8.60. The molecule has 14 heavy (non-hydrogen) atoms. The zero-order valence-electron chi connectivity index (χ0n) is 8.60. The predicted octanol–water partition coefficient (Wildman–Crippen LogP) is 1.31. The van der Waals surface area contributed by atoms with Crippen molar-refractivity contribution in [1.82, 2.24) is 14.7 Å². The fourth-order valence-corrected chi connectivity index (χ4v) is 1.54. The van der Waals surface area contributed by atoms with E-state index >= 15 is 0 Å². The lowest BCUT2D eigenvalue weighted by Crippen LogP contribution is -2.23. The fraction of sp³-hybridized carbons (Fsp3) is 0.600. The molecule has 1 saturated carbocycles. The van der Waals surface area contributed by atoms with Crippen LogP contribution in [0.1, 0.15) is 35.8 Å². The largest absolute Gasteiger partial charge is 0.343 e. The van der Waals surface area contributed by atoms with E-state index in [0.717, 1.165) is 0 Å². The second-order valence-electron chi connectivity index (χ2n) is 3.97. The van der Waals surface area contributed by atoms with Crippen molar-refractivity contribution in [2.75, 3.05) is 14.1 Å². The third-order valence-electron chi connectivity index (χ3n) is 2.68. The molecule has 1 aromatic rings. The van der Waals surface area contributed by atoms with Crippen molar-refractivity contribution in [1.29, 1.82) is 0 Å². The number of hydrogen-bond donors (Lipinski definition) is 0. The number of carbonyl (C=O) groups is 1. The van der Waals surface area contributed by atoms with E-state index < -0.39 is 0 Å². The van der Waals surface area contributed by atoms with Crippen LogP contribution >= 0.6 is 0 Å². The second kappa shape index (κ2) is 3.44. The van der Waals surface area contributed by atoms with Crippen LogP contribution in [0, 0.1) is 0 Å². The lowest BCUT2D eigenvalue weighted by atomic mass is 9.93. The number of carbonyl (C=O) groups excluding carboxylic acids is 1. The first-order valence-corrected chi connectivity index (χ1v) is 4.95. The first kappa shape index (κ1) is 9.24. The molecule has 0 aliphatic heterocycles. The Morgan fingerprint density at radius 3 is 2.79 bits per heavy atom. The summed E-state index contributed by atoms with van der Waals surface area (Å²) < 4.78 is 1.92. The van der Waals surface area contributed by atoms with Crippen LogP contribution in [0.15, 0.2) is 12.3 Å². The second-order valence-corrected chi connectivity index (χ2v) is 3.97. The Morgan fingerprint density at radius 1 is 1.57 bits per heavy atom. The molecule has 1 aliphatic rings. The van der Waals surface area contributed by atoms with Gasteiger partial charge in [0, 0.05) is 20.3 Å². The van der Waals surface area contributed by atoms with E-state index in [4.69, 9.17) is 0 Å². The molecular formula is C10H15N3O. The number of amides is 1. The predicted molar refractivity (Wildman–Crippen MR) is 53.1 cm³/mol. The van der Waals surface area contributed by atoms with Crippen LogP contribution in [0.5, 0.6) is 0 Å². The van der Waals surface area contributed by atoms with Gasteiger partial charge in [0.05, 0.1) is 6.04 Å². The molecule has 0 bridgehead atoms. The van der Waals surface area contributed by atoms with E-state index in [1.807, 2.05) is 10.9 Å². The average Bonchev–Trinajstić information content (AvgIpc) is 2.48. The van der Waals surface area contributed by atoms with Crippen LogP contribution in [-0.4, -0.2) is 34.7 Å². The van der Waals surface area contributed by atoms with Gasteiger partial charge in [-0.15, -0.1) is 0 Å². The van der Waals surface area contributed by atoms with E-state index in [-0.39, 0.29) is 5.91 Å². The Morgan fingerprint density at radius 2 is 2.29 bits per heavy atom. The zero-order chi connectivity index (χ0) is 10.1. The molecule has 0 radical (unpaired) electrons. The van der Waals surface area contributed by atoms with Crippen molar-refractivity contribution in [2.24, 2.45) is 0 Å². The summed E-state index contributed by atoms with van der Waals surface area (Å²) in [6, 6.07) is 2.32. The van der Waals surface area contributed by atoms with Gasteiger partial charge >= 0.3 is 0 Å². The summed E-state index contributed by atoms with van der Waals surface area (Å²) in [6.45, 7) is 0. The third-order valence-corrected chi connectivity index (χ3v) is 2.68. The SMILES string of the molecule is CN(C)C(=O)c1ccn(C2CCC2)n1. The summed E-state index contributed by atoms with van der Waals surface area (Å²) in [4.78, 5) is 13.1. The summed E-state index contributed by atoms with van der Waals surface area (Å²) in [7, 11) is 3.48. The molecule has 1 heterocycles. The lowest BCUT2D eigenvalue weighted by Gasteiger charge is -2.25. The summed E-state index contributed by atoms with van der Waals surface area (Å²) in [6.07, 6.45) is 5.57. The molecular weight excluding hydrogens is 178 g/mol. The average molecular weight is 193 g/mol. The van der Waals surface area contributed by atoms with E-state index in [2.05, 4.69) is 5.10 Å². The minimum Gasteiger partial charge on any atom is -0.343 e. The molecule has 4 nitrogen and oxygen atoms in total. The molecule has 0 atom stereocenters. The number of nitrogens with zero attached hydrogens (tertiary/aromatic N) is 3. The topological polar surface area (TPSA) is 38.1 Å². The van der Waals surface area contributed by atoms with Crippen molar-refractivity contribution < 1.29 is 4.79 Å². The Balaban J connectivity index is 2.12. The minimum absolute atomic E-state index is 0.0249. The molecule has 0 aromatic carbocycles. The highest BCUT2D eigenvalue weighted by atomic mass is 16.2. The highest BCUT2D eigenvalue weighted by Gasteiger charge is 2.21. The standard InChI is InChI=1S/C10H15N3O/c1-12(2)10(14)9-6-7-13(11-9)8-4-3-5-8/h6-8H,3-5H2,1-2H3. The molecule has 0 unspecified atom stereocenters. The highest BCUT2D eigenvalue weighted by molar-refractivity contribution is 5.91. The Bertz CT molecular complexity index is 339. The van der Waals surface area contributed by atoms with Crippen molar-refractivity contribution in [3.63, 3.8) is 0 Å². The first-order valence-electron chi connectivity index (χ1n) is 4.95. The van der Waals surface area contributed by atoms with E-state index in [0.29, 0.717) is 11.7 Å². The van der Waals surface area contributed by atoms with Gasteiger partial charge in [-0.3, -0.25) is 9.48 Å². The fourth-order valence-electron chi connectivity index (χ4n) is 1.54. The molecule has 4 heteroatoms. The van der Waals surface area contributed by atoms with Crippen LogP contribution in [0.4, 0.5) is 0 Å². The maximum absolute atomic E-state index is 11.5. The molecule has 0 saturated heterocycles. The quantitative estimate of drug-likeness (QED) is 0.710. The number of aromatic nitrogens is 2. The van der Waals surface area contributed by atoms with E-state index in [9.17, 15) is 4.79 Å². The summed E-state index contributed by atoms with van der Waals surface area (Å²) >= 11 is 0. The first-order chi connectivity index (χ1) is 6.68. The molecule has 1 aliphatic carbocycles. The maximum Gasteiger partial charge on any atom is 0.273 e. The van der Waals surface area contributed by atoms with Crippen molar-refractivity contribution in [2.45, 2.75) is 25.3 Å². The molecule has 1 aromatic heterocycles. The van der Waals surface area contributed by atoms with Gasteiger partial charge in [0.25, 0.3) is 5.91 Å². The van der Waals surface area contributed by atoms with Crippen molar-refractivity contribution >= 4 is 5.91 Å². The van der Waals surface area contributed by atoms with Gasteiger partial charge in [-0.05, 0) is 25.3 Å². The van der Waals surface area contributed by atoms with Gasteiger partial charge in [0.15, 0.2) is 0 Å². The highest BCUT2D eigenvalue weighted by Crippen LogP contribution is 2.30. The van der Waals surface area contributed by atoms with Crippen LogP contribution in [0.2, 0.25) is 0 Å². The number of rotatable bonds is 2. The smallest absolute Gasteiger partial charge is 0.273 e. The molecule has 0 spiro atoms. The summed E-state index contributed by atoms with van der Waals surface area (Å²) in [5.41, 5.74) is 0.543. The Kier molecular flexibility index (Phi) is 2.27. The Hall–Kier alpha value is -1.32. The van der Waals surface area contributed by atoms with Gasteiger partial charge in [-0.25, -0.2) is 0 Å². The molecule has 76 valence electrons. The van der Waals surface area contributed by atoms with Gasteiger partial charge in [0.2, 0.25) is 0 Å². The van der Waals surface area contributed by atoms with Crippen LogP contribution in [-0.2, 0) is 0 Å². The lowest BCUT2D eigenvalue weighted by molar-refractivity contribution is 0.0820. The molecule has 0 N–H and O–H groups in total. The van der Waals surface area contributed by atoms with Gasteiger partial charge in [-0.1, -0.05) is 0 Å². The normalized spacial score (nSPS) is 16.4. The van der Waals surface area contributed by atoms with Crippen LogP contribution in [0.25, 0.3) is 0 Å². The maximum atomic E-state index is 11.5. The summed E-state index contributed by atoms with van der Waals surface area (Å²) in [5, 5.41) is 4.28. The molecule has 2 rings (SSSR count). The Labute approximate surface area is 83.5 Å². The third kappa shape index (κ3) is 1.52. The monoisotopic (exact) mass is 193 g/mol. The van der Waals surface area contributed by atoms with Crippen LogP contribution < -0.4 is 0 Å². The molecule has 1 amide bonds. The van der Waals surface area contributed by atoms with Crippen molar-refractivity contribution in [3.05, 3.63) is 18.0 Å².